The van der Waals surface area contributed by atoms with Crippen LogP contribution in [0.2, 0.25) is 0 Å². The van der Waals surface area contributed by atoms with Gasteiger partial charge in [-0.05, 0) is 12.0 Å². The van der Waals surface area contributed by atoms with Gasteiger partial charge in [0, 0.05) is 6.61 Å². The summed E-state index contributed by atoms with van der Waals surface area (Å²) in [5.41, 5.74) is 0.541. The Morgan fingerprint density at radius 2 is 1.95 bits per heavy atom. The SMILES string of the molecule is CCCCCOCC(=O)N[C@@H](C(=O)O)c1ccccc1. The number of carboxylic acids is 1. The second-order valence-electron chi connectivity index (χ2n) is 4.51. The van der Waals surface area contributed by atoms with Crippen molar-refractivity contribution in [1.82, 2.24) is 5.32 Å². The van der Waals surface area contributed by atoms with Crippen LogP contribution in [0.25, 0.3) is 0 Å². The van der Waals surface area contributed by atoms with Gasteiger partial charge < -0.3 is 15.2 Å². The van der Waals surface area contributed by atoms with Gasteiger partial charge in [0.25, 0.3) is 0 Å². The maximum atomic E-state index is 11.7. The lowest BCUT2D eigenvalue weighted by atomic mass is 10.1. The molecule has 0 unspecified atom stereocenters. The minimum atomic E-state index is -1.09. The Bertz CT molecular complexity index is 419. The number of ether oxygens (including phenoxy) is 1. The molecule has 0 saturated heterocycles. The van der Waals surface area contributed by atoms with Crippen LogP contribution in [0.1, 0.15) is 37.8 Å². The predicted molar refractivity (Wildman–Crippen MR) is 75.3 cm³/mol. The highest BCUT2D eigenvalue weighted by atomic mass is 16.5. The molecule has 0 bridgehead atoms. The van der Waals surface area contributed by atoms with Crippen molar-refractivity contribution in [2.75, 3.05) is 13.2 Å². The van der Waals surface area contributed by atoms with Gasteiger partial charge in [-0.2, -0.15) is 0 Å². The predicted octanol–water partition coefficient (Wildman–Crippen LogP) is 2.14. The van der Waals surface area contributed by atoms with E-state index in [1.165, 1.54) is 0 Å². The molecular formula is C15H21NO4. The first kappa shape index (κ1) is 16.2. The first-order chi connectivity index (χ1) is 9.65. The Kier molecular flexibility index (Phi) is 7.35. The summed E-state index contributed by atoms with van der Waals surface area (Å²) < 4.78 is 5.21. The molecule has 0 aliphatic rings. The van der Waals surface area contributed by atoms with E-state index in [-0.39, 0.29) is 6.61 Å². The third-order valence-corrected chi connectivity index (χ3v) is 2.81. The van der Waals surface area contributed by atoms with Crippen molar-refractivity contribution in [3.8, 4) is 0 Å². The van der Waals surface area contributed by atoms with Gasteiger partial charge in [0.1, 0.15) is 6.61 Å². The van der Waals surface area contributed by atoms with E-state index in [0.717, 1.165) is 19.3 Å². The summed E-state index contributed by atoms with van der Waals surface area (Å²) >= 11 is 0. The number of nitrogens with one attached hydrogen (secondary N) is 1. The quantitative estimate of drug-likeness (QED) is 0.679. The topological polar surface area (TPSA) is 75.6 Å². The Morgan fingerprint density at radius 1 is 1.25 bits per heavy atom. The van der Waals surface area contributed by atoms with Crippen LogP contribution in [-0.2, 0) is 14.3 Å². The van der Waals surface area contributed by atoms with Crippen molar-refractivity contribution in [1.29, 1.82) is 0 Å². The molecule has 1 amide bonds. The van der Waals surface area contributed by atoms with Crippen molar-refractivity contribution in [3.63, 3.8) is 0 Å². The zero-order valence-corrected chi connectivity index (χ0v) is 11.7. The number of aliphatic carboxylic acids is 1. The van der Waals surface area contributed by atoms with E-state index in [4.69, 9.17) is 9.84 Å². The molecule has 1 rings (SSSR count). The Morgan fingerprint density at radius 3 is 2.55 bits per heavy atom. The van der Waals surface area contributed by atoms with Crippen molar-refractivity contribution >= 4 is 11.9 Å². The summed E-state index contributed by atoms with van der Waals surface area (Å²) in [6.45, 7) is 2.49. The Balaban J connectivity index is 2.43. The molecule has 0 spiro atoms. The van der Waals surface area contributed by atoms with Gasteiger partial charge in [-0.1, -0.05) is 50.1 Å². The number of amides is 1. The second-order valence-corrected chi connectivity index (χ2v) is 4.51. The number of carbonyl (C=O) groups is 2. The third-order valence-electron chi connectivity index (χ3n) is 2.81. The number of rotatable bonds is 9. The molecule has 110 valence electrons. The molecule has 0 aliphatic heterocycles. The molecule has 0 saturated carbocycles. The molecule has 1 atom stereocenters. The van der Waals surface area contributed by atoms with Gasteiger partial charge in [-0.15, -0.1) is 0 Å². The lowest BCUT2D eigenvalue weighted by Crippen LogP contribution is -2.36. The third kappa shape index (κ3) is 5.84. The smallest absolute Gasteiger partial charge is 0.330 e. The molecule has 1 aromatic carbocycles. The van der Waals surface area contributed by atoms with Crippen LogP contribution in [0.3, 0.4) is 0 Å². The lowest BCUT2D eigenvalue weighted by molar-refractivity contribution is -0.142. The average Bonchev–Trinajstić information content (AvgIpc) is 2.45. The second kappa shape index (κ2) is 9.09. The zero-order chi connectivity index (χ0) is 14.8. The summed E-state index contributed by atoms with van der Waals surface area (Å²) in [6, 6.07) is 7.56. The molecule has 20 heavy (non-hydrogen) atoms. The molecule has 5 heteroatoms. The molecular weight excluding hydrogens is 258 g/mol. The van der Waals surface area contributed by atoms with Crippen LogP contribution in [-0.4, -0.2) is 30.2 Å². The van der Waals surface area contributed by atoms with E-state index in [1.807, 2.05) is 0 Å². The number of carboxylic acid groups (broad SMARTS) is 1. The minimum absolute atomic E-state index is 0.111. The van der Waals surface area contributed by atoms with Crippen molar-refractivity contribution in [3.05, 3.63) is 35.9 Å². The Hall–Kier alpha value is -1.88. The van der Waals surface area contributed by atoms with Gasteiger partial charge in [0.15, 0.2) is 6.04 Å². The summed E-state index contributed by atoms with van der Waals surface area (Å²) in [7, 11) is 0. The van der Waals surface area contributed by atoms with Gasteiger partial charge in [0.05, 0.1) is 0 Å². The van der Waals surface area contributed by atoms with E-state index in [2.05, 4.69) is 12.2 Å². The number of hydrogen-bond acceptors (Lipinski definition) is 3. The zero-order valence-electron chi connectivity index (χ0n) is 11.7. The largest absolute Gasteiger partial charge is 0.479 e. The van der Waals surface area contributed by atoms with Crippen molar-refractivity contribution < 1.29 is 19.4 Å². The molecule has 0 heterocycles. The summed E-state index contributed by atoms with van der Waals surface area (Å²) in [6.07, 6.45) is 3.05. The van der Waals surface area contributed by atoms with Crippen LogP contribution in [0.4, 0.5) is 0 Å². The molecule has 5 nitrogen and oxygen atoms in total. The van der Waals surface area contributed by atoms with Crippen LogP contribution >= 0.6 is 0 Å². The average molecular weight is 279 g/mol. The van der Waals surface area contributed by atoms with Crippen molar-refractivity contribution in [2.45, 2.75) is 32.2 Å². The van der Waals surface area contributed by atoms with Crippen molar-refractivity contribution in [2.24, 2.45) is 0 Å². The van der Waals surface area contributed by atoms with E-state index < -0.39 is 17.9 Å². The van der Waals surface area contributed by atoms with E-state index >= 15 is 0 Å². The fourth-order valence-electron chi connectivity index (χ4n) is 1.75. The monoisotopic (exact) mass is 279 g/mol. The molecule has 0 fully saturated rings. The molecule has 0 radical (unpaired) electrons. The fraction of sp³-hybridized carbons (Fsp3) is 0.467. The summed E-state index contributed by atoms with van der Waals surface area (Å²) in [4.78, 5) is 22.9. The first-order valence-electron chi connectivity index (χ1n) is 6.80. The highest BCUT2D eigenvalue weighted by molar-refractivity contribution is 5.85. The maximum absolute atomic E-state index is 11.7. The highest BCUT2D eigenvalue weighted by Gasteiger charge is 2.21. The minimum Gasteiger partial charge on any atom is -0.479 e. The van der Waals surface area contributed by atoms with Crippen LogP contribution in [0, 0.1) is 0 Å². The Labute approximate surface area is 118 Å². The van der Waals surface area contributed by atoms with Gasteiger partial charge >= 0.3 is 5.97 Å². The van der Waals surface area contributed by atoms with E-state index in [1.54, 1.807) is 30.3 Å². The number of hydrogen-bond donors (Lipinski definition) is 2. The van der Waals surface area contributed by atoms with Crippen LogP contribution in [0.5, 0.6) is 0 Å². The number of unbranched alkanes of at least 4 members (excludes halogenated alkanes) is 2. The van der Waals surface area contributed by atoms with E-state index in [9.17, 15) is 9.59 Å². The highest BCUT2D eigenvalue weighted by Crippen LogP contribution is 2.12. The van der Waals surface area contributed by atoms with Gasteiger partial charge in [0.2, 0.25) is 5.91 Å². The number of benzene rings is 1. The molecule has 2 N–H and O–H groups in total. The molecule has 0 aliphatic carbocycles. The first-order valence-corrected chi connectivity index (χ1v) is 6.80. The summed E-state index contributed by atoms with van der Waals surface area (Å²) in [5, 5.41) is 11.6. The molecule has 0 aromatic heterocycles. The molecule has 1 aromatic rings. The van der Waals surface area contributed by atoms with Gasteiger partial charge in [-0.25, -0.2) is 4.79 Å². The van der Waals surface area contributed by atoms with Crippen LogP contribution < -0.4 is 5.32 Å². The summed E-state index contributed by atoms with van der Waals surface area (Å²) in [5.74, 6) is -1.51. The normalized spacial score (nSPS) is 11.8. The standard InChI is InChI=1S/C15H21NO4/c1-2-3-7-10-20-11-13(17)16-14(15(18)19)12-8-5-4-6-9-12/h4-6,8-9,14H,2-3,7,10-11H2,1H3,(H,16,17)(H,18,19)/t14-/m1/s1. The maximum Gasteiger partial charge on any atom is 0.330 e. The van der Waals surface area contributed by atoms with Crippen LogP contribution in [0.15, 0.2) is 30.3 Å². The van der Waals surface area contributed by atoms with Gasteiger partial charge in [-0.3, -0.25) is 4.79 Å². The lowest BCUT2D eigenvalue weighted by Gasteiger charge is -2.14. The fourth-order valence-corrected chi connectivity index (χ4v) is 1.75. The number of carbonyl (C=O) groups excluding carboxylic acids is 1. The van der Waals surface area contributed by atoms with E-state index in [0.29, 0.717) is 12.2 Å².